The van der Waals surface area contributed by atoms with Crippen LogP contribution in [-0.4, -0.2) is 59.4 Å². The molecule has 0 spiro atoms. The second-order valence-electron chi connectivity index (χ2n) is 5.14. The number of rotatable bonds is 8. The summed E-state index contributed by atoms with van der Waals surface area (Å²) in [4.78, 5) is 37.0. The largest absolute Gasteiger partial charge is 0.481 e. The predicted molar refractivity (Wildman–Crippen MR) is 82.3 cm³/mol. The first kappa shape index (κ1) is 17.7. The average Bonchev–Trinajstić information content (AvgIpc) is 2.49. The molecule has 0 heterocycles. The maximum atomic E-state index is 12.0. The van der Waals surface area contributed by atoms with E-state index < -0.39 is 5.97 Å². The van der Waals surface area contributed by atoms with Crippen LogP contribution in [0.15, 0.2) is 30.3 Å². The van der Waals surface area contributed by atoms with E-state index >= 15 is 0 Å². The Morgan fingerprint density at radius 2 is 1.73 bits per heavy atom. The van der Waals surface area contributed by atoms with Crippen molar-refractivity contribution < 1.29 is 19.5 Å². The molecule has 1 N–H and O–H groups in total. The van der Waals surface area contributed by atoms with Gasteiger partial charge in [-0.15, -0.1) is 0 Å². The minimum Gasteiger partial charge on any atom is -0.481 e. The summed E-state index contributed by atoms with van der Waals surface area (Å²) in [6.45, 7) is 1.99. The fourth-order valence-corrected chi connectivity index (χ4v) is 1.93. The summed E-state index contributed by atoms with van der Waals surface area (Å²) in [7, 11) is 1.54. The van der Waals surface area contributed by atoms with Crippen LogP contribution in [0.25, 0.3) is 0 Å². The van der Waals surface area contributed by atoms with E-state index in [4.69, 9.17) is 5.11 Å². The van der Waals surface area contributed by atoms with Crippen molar-refractivity contribution in [2.24, 2.45) is 0 Å². The van der Waals surface area contributed by atoms with Crippen LogP contribution in [0, 0.1) is 0 Å². The molecule has 1 aromatic carbocycles. The molecule has 0 unspecified atom stereocenters. The Balaban J connectivity index is 2.51. The van der Waals surface area contributed by atoms with Crippen LogP contribution in [0.2, 0.25) is 0 Å². The van der Waals surface area contributed by atoms with Crippen LogP contribution in [-0.2, 0) is 20.8 Å². The molecule has 0 bridgehead atoms. The third-order valence-corrected chi connectivity index (χ3v) is 3.37. The lowest BCUT2D eigenvalue weighted by molar-refractivity contribution is -0.141. The number of carbonyl (C=O) groups excluding carboxylic acids is 2. The number of carbonyl (C=O) groups is 3. The molecule has 2 amide bonds. The average molecular weight is 306 g/mol. The zero-order valence-corrected chi connectivity index (χ0v) is 13.0. The van der Waals surface area contributed by atoms with Gasteiger partial charge in [0.05, 0.1) is 13.0 Å². The molecular formula is C16H22N2O4. The normalized spacial score (nSPS) is 10.1. The van der Waals surface area contributed by atoms with Crippen molar-refractivity contribution in [3.8, 4) is 0 Å². The van der Waals surface area contributed by atoms with E-state index in [1.54, 1.807) is 7.05 Å². The number of aliphatic carboxylic acids is 1. The Morgan fingerprint density at radius 3 is 2.27 bits per heavy atom. The highest BCUT2D eigenvalue weighted by molar-refractivity contribution is 5.84. The van der Waals surface area contributed by atoms with Crippen molar-refractivity contribution in [1.29, 1.82) is 0 Å². The van der Waals surface area contributed by atoms with E-state index in [0.717, 1.165) is 5.56 Å². The molecule has 0 saturated carbocycles. The highest BCUT2D eigenvalue weighted by Crippen LogP contribution is 2.03. The van der Waals surface area contributed by atoms with Crippen LogP contribution in [0.3, 0.4) is 0 Å². The number of hydrogen-bond acceptors (Lipinski definition) is 3. The first-order valence-electron chi connectivity index (χ1n) is 7.15. The number of likely N-dealkylation sites (N-methyl/N-ethyl adjacent to an activating group) is 1. The third kappa shape index (κ3) is 6.39. The van der Waals surface area contributed by atoms with E-state index in [1.165, 1.54) is 16.7 Å². The highest BCUT2D eigenvalue weighted by Gasteiger charge is 2.17. The summed E-state index contributed by atoms with van der Waals surface area (Å²) in [5, 5.41) is 8.62. The van der Waals surface area contributed by atoms with Gasteiger partial charge in [-0.05, 0) is 12.0 Å². The first-order valence-corrected chi connectivity index (χ1v) is 7.15. The first-order chi connectivity index (χ1) is 10.4. The number of benzene rings is 1. The van der Waals surface area contributed by atoms with Crippen LogP contribution in [0.5, 0.6) is 0 Å². The Bertz CT molecular complexity index is 516. The molecule has 0 aliphatic heterocycles. The molecule has 0 aliphatic carbocycles. The molecule has 0 saturated heterocycles. The van der Waals surface area contributed by atoms with Crippen molar-refractivity contribution in [3.05, 3.63) is 35.9 Å². The Hall–Kier alpha value is -2.37. The van der Waals surface area contributed by atoms with Crippen LogP contribution in [0.1, 0.15) is 18.9 Å². The summed E-state index contributed by atoms with van der Waals surface area (Å²) in [5.74, 6) is -1.38. The van der Waals surface area contributed by atoms with Gasteiger partial charge in [0.1, 0.15) is 0 Å². The maximum absolute atomic E-state index is 12.0. The number of hydrogen-bond donors (Lipinski definition) is 1. The Kier molecular flexibility index (Phi) is 7.08. The van der Waals surface area contributed by atoms with Gasteiger partial charge >= 0.3 is 5.97 Å². The molecule has 0 radical (unpaired) electrons. The lowest BCUT2D eigenvalue weighted by atomic mass is 10.1. The number of carboxylic acids is 1. The third-order valence-electron chi connectivity index (χ3n) is 3.37. The van der Waals surface area contributed by atoms with Crippen LogP contribution >= 0.6 is 0 Å². The standard InChI is InChI=1S/C16H22N2O4/c1-13(19)18(11-8-14-6-4-3-5-7-14)12-15(20)17(2)10-9-16(21)22/h3-7H,8-12H2,1-2H3,(H,21,22). The van der Waals surface area contributed by atoms with Crippen molar-refractivity contribution in [1.82, 2.24) is 9.80 Å². The predicted octanol–water partition coefficient (Wildman–Crippen LogP) is 1.01. The second-order valence-corrected chi connectivity index (χ2v) is 5.14. The quantitative estimate of drug-likeness (QED) is 0.777. The van der Waals surface area contributed by atoms with Gasteiger partial charge in [-0.3, -0.25) is 14.4 Å². The number of carboxylic acid groups (broad SMARTS) is 1. The molecule has 0 aliphatic rings. The zero-order chi connectivity index (χ0) is 16.5. The molecular weight excluding hydrogens is 284 g/mol. The minimum atomic E-state index is -0.952. The molecule has 6 heteroatoms. The SMILES string of the molecule is CC(=O)N(CCc1ccccc1)CC(=O)N(C)CCC(=O)O. The summed E-state index contributed by atoms with van der Waals surface area (Å²) in [5.41, 5.74) is 1.10. The highest BCUT2D eigenvalue weighted by atomic mass is 16.4. The fourth-order valence-electron chi connectivity index (χ4n) is 1.93. The monoisotopic (exact) mass is 306 g/mol. The summed E-state index contributed by atoms with van der Waals surface area (Å²) in [6.07, 6.45) is 0.568. The van der Waals surface area contributed by atoms with Gasteiger partial charge in [0.25, 0.3) is 0 Å². The van der Waals surface area contributed by atoms with Crippen molar-refractivity contribution in [2.75, 3.05) is 26.7 Å². The number of amides is 2. The van der Waals surface area contributed by atoms with E-state index in [2.05, 4.69) is 0 Å². The van der Waals surface area contributed by atoms with Gasteiger partial charge in [-0.25, -0.2) is 0 Å². The molecule has 6 nitrogen and oxygen atoms in total. The maximum Gasteiger partial charge on any atom is 0.305 e. The van der Waals surface area contributed by atoms with E-state index in [-0.39, 0.29) is 31.3 Å². The van der Waals surface area contributed by atoms with E-state index in [9.17, 15) is 14.4 Å². The minimum absolute atomic E-state index is 0.0295. The molecule has 120 valence electrons. The van der Waals surface area contributed by atoms with Crippen molar-refractivity contribution in [3.63, 3.8) is 0 Å². The Morgan fingerprint density at radius 1 is 1.09 bits per heavy atom. The van der Waals surface area contributed by atoms with Gasteiger partial charge < -0.3 is 14.9 Å². The van der Waals surface area contributed by atoms with Crippen molar-refractivity contribution in [2.45, 2.75) is 19.8 Å². The summed E-state index contributed by atoms with van der Waals surface area (Å²) >= 11 is 0. The number of nitrogens with zero attached hydrogens (tertiary/aromatic N) is 2. The van der Waals surface area contributed by atoms with Gasteiger partial charge in [-0.2, -0.15) is 0 Å². The Labute approximate surface area is 130 Å². The molecule has 22 heavy (non-hydrogen) atoms. The molecule has 0 atom stereocenters. The van der Waals surface area contributed by atoms with Crippen LogP contribution < -0.4 is 0 Å². The second kappa shape index (κ2) is 8.81. The lowest BCUT2D eigenvalue weighted by Gasteiger charge is -2.24. The smallest absolute Gasteiger partial charge is 0.305 e. The molecule has 0 fully saturated rings. The van der Waals surface area contributed by atoms with Gasteiger partial charge in [0, 0.05) is 27.1 Å². The molecule has 1 aromatic rings. The topological polar surface area (TPSA) is 77.9 Å². The zero-order valence-electron chi connectivity index (χ0n) is 13.0. The van der Waals surface area contributed by atoms with E-state index in [1.807, 2.05) is 30.3 Å². The van der Waals surface area contributed by atoms with Gasteiger partial charge in [0.15, 0.2) is 0 Å². The lowest BCUT2D eigenvalue weighted by Crippen LogP contribution is -2.42. The molecule has 1 rings (SSSR count). The van der Waals surface area contributed by atoms with Gasteiger partial charge in [-0.1, -0.05) is 30.3 Å². The van der Waals surface area contributed by atoms with Crippen molar-refractivity contribution >= 4 is 17.8 Å². The summed E-state index contributed by atoms with van der Waals surface area (Å²) < 4.78 is 0. The van der Waals surface area contributed by atoms with Gasteiger partial charge in [0.2, 0.25) is 11.8 Å². The van der Waals surface area contributed by atoms with Crippen LogP contribution in [0.4, 0.5) is 0 Å². The van der Waals surface area contributed by atoms with E-state index in [0.29, 0.717) is 13.0 Å². The fraction of sp³-hybridized carbons (Fsp3) is 0.438. The summed E-state index contributed by atoms with van der Waals surface area (Å²) in [6, 6.07) is 9.72. The molecule has 0 aromatic heterocycles.